The van der Waals surface area contributed by atoms with Crippen molar-refractivity contribution >= 4 is 5.82 Å². The Morgan fingerprint density at radius 2 is 2.50 bits per heavy atom. The SMILES string of the molecule is CCc1ccnc(NN)c1. The number of aryl methyl sites for hydroxylation is 1. The Balaban J connectivity index is 2.87. The third kappa shape index (κ3) is 1.45. The van der Waals surface area contributed by atoms with Crippen LogP contribution in [0.3, 0.4) is 0 Å². The summed E-state index contributed by atoms with van der Waals surface area (Å²) >= 11 is 0. The fraction of sp³-hybridized carbons (Fsp3) is 0.286. The van der Waals surface area contributed by atoms with Crippen molar-refractivity contribution in [1.29, 1.82) is 0 Å². The molecule has 0 aliphatic rings. The number of nitrogen functional groups attached to an aromatic ring is 1. The van der Waals surface area contributed by atoms with Gasteiger partial charge in [0.05, 0.1) is 0 Å². The molecule has 1 aromatic rings. The normalized spacial score (nSPS) is 9.40. The van der Waals surface area contributed by atoms with Gasteiger partial charge in [-0.3, -0.25) is 0 Å². The Kier molecular flexibility index (Phi) is 2.23. The summed E-state index contributed by atoms with van der Waals surface area (Å²) in [6, 6.07) is 3.90. The Morgan fingerprint density at radius 3 is 3.10 bits per heavy atom. The quantitative estimate of drug-likeness (QED) is 0.471. The summed E-state index contributed by atoms with van der Waals surface area (Å²) in [7, 11) is 0. The van der Waals surface area contributed by atoms with Crippen molar-refractivity contribution in [2.24, 2.45) is 5.84 Å². The Morgan fingerprint density at radius 1 is 1.70 bits per heavy atom. The summed E-state index contributed by atoms with van der Waals surface area (Å²) in [5.74, 6) is 5.88. The summed E-state index contributed by atoms with van der Waals surface area (Å²) in [6.07, 6.45) is 2.76. The van der Waals surface area contributed by atoms with Gasteiger partial charge in [-0.15, -0.1) is 0 Å². The van der Waals surface area contributed by atoms with Crippen LogP contribution in [-0.4, -0.2) is 4.98 Å². The van der Waals surface area contributed by atoms with Gasteiger partial charge in [-0.05, 0) is 24.1 Å². The smallest absolute Gasteiger partial charge is 0.140 e. The molecule has 3 heteroatoms. The zero-order chi connectivity index (χ0) is 7.40. The number of hydrazine groups is 1. The predicted molar refractivity (Wildman–Crippen MR) is 41.4 cm³/mol. The maximum absolute atomic E-state index is 5.16. The highest BCUT2D eigenvalue weighted by Crippen LogP contribution is 2.04. The van der Waals surface area contributed by atoms with Crippen LogP contribution in [0.15, 0.2) is 18.3 Å². The lowest BCUT2D eigenvalue weighted by atomic mass is 10.2. The molecule has 3 nitrogen and oxygen atoms in total. The molecule has 0 radical (unpaired) electrons. The molecule has 0 fully saturated rings. The molecule has 10 heavy (non-hydrogen) atoms. The first-order valence-corrected chi connectivity index (χ1v) is 3.28. The number of nitrogens with two attached hydrogens (primary N) is 1. The van der Waals surface area contributed by atoms with E-state index in [0.29, 0.717) is 0 Å². The number of rotatable bonds is 2. The van der Waals surface area contributed by atoms with Gasteiger partial charge in [-0.1, -0.05) is 6.92 Å². The van der Waals surface area contributed by atoms with Crippen molar-refractivity contribution in [3.05, 3.63) is 23.9 Å². The molecule has 0 saturated carbocycles. The van der Waals surface area contributed by atoms with Crippen molar-refractivity contribution in [3.8, 4) is 0 Å². The third-order valence-corrected chi connectivity index (χ3v) is 1.38. The van der Waals surface area contributed by atoms with Crippen LogP contribution in [0.2, 0.25) is 0 Å². The second-order valence-electron chi connectivity index (χ2n) is 2.05. The highest BCUT2D eigenvalue weighted by Gasteiger charge is 1.90. The van der Waals surface area contributed by atoms with Crippen LogP contribution in [0.4, 0.5) is 5.82 Å². The van der Waals surface area contributed by atoms with Crippen LogP contribution < -0.4 is 11.3 Å². The van der Waals surface area contributed by atoms with Crippen LogP contribution in [0.1, 0.15) is 12.5 Å². The van der Waals surface area contributed by atoms with Gasteiger partial charge in [-0.2, -0.15) is 0 Å². The van der Waals surface area contributed by atoms with E-state index in [0.717, 1.165) is 12.2 Å². The molecule has 0 aliphatic carbocycles. The molecule has 1 rings (SSSR count). The molecule has 0 amide bonds. The Labute approximate surface area is 60.2 Å². The number of nitrogens with one attached hydrogen (secondary N) is 1. The minimum atomic E-state index is 0.722. The maximum Gasteiger partial charge on any atom is 0.140 e. The fourth-order valence-electron chi connectivity index (χ4n) is 0.773. The zero-order valence-electron chi connectivity index (χ0n) is 5.96. The molecule has 0 aromatic carbocycles. The summed E-state index contributed by atoms with van der Waals surface area (Å²) in [4.78, 5) is 3.97. The molecule has 0 aliphatic heterocycles. The van der Waals surface area contributed by atoms with Crippen molar-refractivity contribution in [2.75, 3.05) is 5.43 Å². The van der Waals surface area contributed by atoms with Gasteiger partial charge < -0.3 is 5.43 Å². The van der Waals surface area contributed by atoms with E-state index >= 15 is 0 Å². The van der Waals surface area contributed by atoms with E-state index in [1.54, 1.807) is 6.20 Å². The summed E-state index contributed by atoms with van der Waals surface area (Å²) in [5.41, 5.74) is 3.73. The predicted octanol–water partition coefficient (Wildman–Crippen LogP) is 0.930. The third-order valence-electron chi connectivity index (χ3n) is 1.38. The average molecular weight is 137 g/mol. The molecule has 0 atom stereocenters. The molecule has 54 valence electrons. The summed E-state index contributed by atoms with van der Waals surface area (Å²) in [6.45, 7) is 2.09. The molecular formula is C7H11N3. The lowest BCUT2D eigenvalue weighted by Crippen LogP contribution is -2.08. The average Bonchev–Trinajstić information content (AvgIpc) is 2.05. The standard InChI is InChI=1S/C7H11N3/c1-2-6-3-4-9-7(5-6)10-8/h3-5H,2,8H2,1H3,(H,9,10). The van der Waals surface area contributed by atoms with Crippen molar-refractivity contribution in [2.45, 2.75) is 13.3 Å². The van der Waals surface area contributed by atoms with E-state index in [1.807, 2.05) is 12.1 Å². The van der Waals surface area contributed by atoms with E-state index in [9.17, 15) is 0 Å². The zero-order valence-corrected chi connectivity index (χ0v) is 5.96. The molecule has 0 bridgehead atoms. The van der Waals surface area contributed by atoms with Gasteiger partial charge in [0.2, 0.25) is 0 Å². The molecule has 1 heterocycles. The second-order valence-corrected chi connectivity index (χ2v) is 2.05. The van der Waals surface area contributed by atoms with Crippen molar-refractivity contribution in [3.63, 3.8) is 0 Å². The monoisotopic (exact) mass is 137 g/mol. The summed E-state index contributed by atoms with van der Waals surface area (Å²) < 4.78 is 0. The largest absolute Gasteiger partial charge is 0.308 e. The van der Waals surface area contributed by atoms with Gasteiger partial charge in [0.15, 0.2) is 0 Å². The first-order valence-electron chi connectivity index (χ1n) is 3.28. The topological polar surface area (TPSA) is 50.9 Å². The molecular weight excluding hydrogens is 126 g/mol. The lowest BCUT2D eigenvalue weighted by molar-refractivity contribution is 1.11. The minimum absolute atomic E-state index is 0.722. The van der Waals surface area contributed by atoms with E-state index in [4.69, 9.17) is 5.84 Å². The van der Waals surface area contributed by atoms with Crippen LogP contribution in [0.5, 0.6) is 0 Å². The van der Waals surface area contributed by atoms with Crippen LogP contribution in [-0.2, 0) is 6.42 Å². The Bertz CT molecular complexity index is 191. The maximum atomic E-state index is 5.16. The van der Waals surface area contributed by atoms with E-state index in [-0.39, 0.29) is 0 Å². The van der Waals surface area contributed by atoms with E-state index in [2.05, 4.69) is 17.3 Å². The van der Waals surface area contributed by atoms with Crippen LogP contribution >= 0.6 is 0 Å². The lowest BCUT2D eigenvalue weighted by Gasteiger charge is -1.99. The highest BCUT2D eigenvalue weighted by molar-refractivity contribution is 5.35. The van der Waals surface area contributed by atoms with Gasteiger partial charge in [0.25, 0.3) is 0 Å². The van der Waals surface area contributed by atoms with E-state index in [1.165, 1.54) is 5.56 Å². The highest BCUT2D eigenvalue weighted by atomic mass is 15.2. The number of pyridine rings is 1. The molecule has 3 N–H and O–H groups in total. The van der Waals surface area contributed by atoms with Crippen LogP contribution in [0.25, 0.3) is 0 Å². The van der Waals surface area contributed by atoms with Crippen molar-refractivity contribution < 1.29 is 0 Å². The number of hydrogen-bond acceptors (Lipinski definition) is 3. The number of hydrogen-bond donors (Lipinski definition) is 2. The summed E-state index contributed by atoms with van der Waals surface area (Å²) in [5, 5.41) is 0. The molecule has 0 saturated heterocycles. The molecule has 0 unspecified atom stereocenters. The van der Waals surface area contributed by atoms with Gasteiger partial charge in [0, 0.05) is 6.20 Å². The molecule has 0 spiro atoms. The van der Waals surface area contributed by atoms with Gasteiger partial charge in [0.1, 0.15) is 5.82 Å². The number of nitrogens with zero attached hydrogens (tertiary/aromatic N) is 1. The van der Waals surface area contributed by atoms with E-state index < -0.39 is 0 Å². The van der Waals surface area contributed by atoms with Crippen LogP contribution in [0, 0.1) is 0 Å². The Hall–Kier alpha value is -1.09. The fourth-order valence-corrected chi connectivity index (χ4v) is 0.773. The van der Waals surface area contributed by atoms with Gasteiger partial charge in [-0.25, -0.2) is 10.8 Å². The van der Waals surface area contributed by atoms with Crippen molar-refractivity contribution in [1.82, 2.24) is 4.98 Å². The van der Waals surface area contributed by atoms with Gasteiger partial charge >= 0.3 is 0 Å². The number of aromatic nitrogens is 1. The first-order chi connectivity index (χ1) is 4.86. The molecule has 1 aromatic heterocycles. The number of anilines is 1. The second kappa shape index (κ2) is 3.17. The minimum Gasteiger partial charge on any atom is -0.308 e. The first kappa shape index (κ1) is 7.02.